The number of benzene rings is 1. The monoisotopic (exact) mass is 395 g/mol. The number of carbonyl (C=O) groups is 2. The number of nitrogens with one attached hydrogen (secondary N) is 1. The smallest absolute Gasteiger partial charge is 0.260 e. The SMILES string of the molecule is Cc1ccc(OCC(=O)N2C[C@@H]3CC[C@H]2[C@H]3NC(=O)c2cncc(O)c2)cc1C. The van der Waals surface area contributed by atoms with Gasteiger partial charge in [0.1, 0.15) is 11.5 Å². The number of carbonyl (C=O) groups excluding carboxylic acids is 2. The summed E-state index contributed by atoms with van der Waals surface area (Å²) >= 11 is 0. The van der Waals surface area contributed by atoms with Gasteiger partial charge in [-0.25, -0.2) is 0 Å². The molecule has 2 N–H and O–H groups in total. The molecular formula is C22H25N3O4. The largest absolute Gasteiger partial charge is 0.506 e. The molecular weight excluding hydrogens is 370 g/mol. The highest BCUT2D eigenvalue weighted by atomic mass is 16.5. The highest BCUT2D eigenvalue weighted by Crippen LogP contribution is 2.38. The van der Waals surface area contributed by atoms with Crippen LogP contribution in [0.2, 0.25) is 0 Å². The molecule has 1 aromatic heterocycles. The molecule has 7 heteroatoms. The van der Waals surface area contributed by atoms with Gasteiger partial charge in [0.25, 0.3) is 11.8 Å². The van der Waals surface area contributed by atoms with E-state index in [1.807, 2.05) is 36.9 Å². The van der Waals surface area contributed by atoms with Crippen LogP contribution in [0.5, 0.6) is 11.5 Å². The van der Waals surface area contributed by atoms with Crippen molar-refractivity contribution >= 4 is 11.8 Å². The lowest BCUT2D eigenvalue weighted by atomic mass is 10.1. The number of piperidine rings is 1. The first kappa shape index (κ1) is 19.2. The van der Waals surface area contributed by atoms with Crippen molar-refractivity contribution in [3.05, 3.63) is 53.3 Å². The summed E-state index contributed by atoms with van der Waals surface area (Å²) in [7, 11) is 0. The molecule has 2 amide bonds. The van der Waals surface area contributed by atoms with Gasteiger partial charge in [-0.2, -0.15) is 0 Å². The minimum absolute atomic E-state index is 0.0110. The second-order valence-corrected chi connectivity index (χ2v) is 7.92. The molecule has 2 bridgehead atoms. The highest BCUT2D eigenvalue weighted by Gasteiger charge is 2.49. The van der Waals surface area contributed by atoms with E-state index in [-0.39, 0.29) is 42.2 Å². The number of ether oxygens (including phenoxy) is 1. The lowest BCUT2D eigenvalue weighted by molar-refractivity contribution is -0.135. The van der Waals surface area contributed by atoms with Gasteiger partial charge in [-0.15, -0.1) is 0 Å². The van der Waals surface area contributed by atoms with Crippen molar-refractivity contribution in [2.75, 3.05) is 13.2 Å². The first-order chi connectivity index (χ1) is 13.9. The van der Waals surface area contributed by atoms with Crippen LogP contribution in [0.4, 0.5) is 0 Å². The Morgan fingerprint density at radius 3 is 2.79 bits per heavy atom. The van der Waals surface area contributed by atoms with Crippen molar-refractivity contribution in [3.63, 3.8) is 0 Å². The predicted octanol–water partition coefficient (Wildman–Crippen LogP) is 2.20. The molecule has 2 aromatic rings. The number of likely N-dealkylation sites (tertiary alicyclic amines) is 1. The van der Waals surface area contributed by atoms with Gasteiger partial charge < -0.3 is 20.1 Å². The summed E-state index contributed by atoms with van der Waals surface area (Å²) in [4.78, 5) is 31.0. The van der Waals surface area contributed by atoms with Crippen molar-refractivity contribution in [2.45, 2.75) is 38.8 Å². The van der Waals surface area contributed by atoms with E-state index in [4.69, 9.17) is 4.74 Å². The lowest BCUT2D eigenvalue weighted by Gasteiger charge is -2.27. The molecule has 1 aliphatic heterocycles. The summed E-state index contributed by atoms with van der Waals surface area (Å²) in [6, 6.07) is 7.07. The number of amides is 2. The number of hydrogen-bond acceptors (Lipinski definition) is 5. The number of aryl methyl sites for hydroxylation is 2. The number of nitrogens with zero attached hydrogens (tertiary/aromatic N) is 2. The molecule has 4 rings (SSSR count). The zero-order chi connectivity index (χ0) is 20.5. The first-order valence-electron chi connectivity index (χ1n) is 9.87. The van der Waals surface area contributed by atoms with Crippen LogP contribution in [0.3, 0.4) is 0 Å². The summed E-state index contributed by atoms with van der Waals surface area (Å²) in [5.74, 6) is 0.531. The standard InChI is InChI=1S/C22H25N3O4/c1-13-3-5-18(7-14(13)2)29-12-20(27)25-11-15-4-6-19(25)21(15)24-22(28)16-8-17(26)10-23-9-16/h3,5,7-10,15,19,21,26H,4,6,11-12H2,1-2H3,(H,24,28)/t15-,19-,21-/m0/s1. The fraction of sp³-hybridized carbons (Fsp3) is 0.409. The minimum atomic E-state index is -0.282. The normalized spacial score (nSPS) is 22.6. The Kier molecular flexibility index (Phi) is 5.13. The van der Waals surface area contributed by atoms with Crippen LogP contribution in [0.25, 0.3) is 0 Å². The Hall–Kier alpha value is -3.09. The number of hydrogen-bond donors (Lipinski definition) is 2. The summed E-state index contributed by atoms with van der Waals surface area (Å²) in [6.45, 7) is 4.66. The van der Waals surface area contributed by atoms with E-state index >= 15 is 0 Å². The van der Waals surface area contributed by atoms with Crippen molar-refractivity contribution in [2.24, 2.45) is 5.92 Å². The molecule has 7 nitrogen and oxygen atoms in total. The molecule has 152 valence electrons. The van der Waals surface area contributed by atoms with Gasteiger partial charge in [-0.05, 0) is 61.9 Å². The van der Waals surface area contributed by atoms with E-state index in [2.05, 4.69) is 10.3 Å². The third-order valence-corrected chi connectivity index (χ3v) is 6.03. The average molecular weight is 395 g/mol. The molecule has 0 spiro atoms. The van der Waals surface area contributed by atoms with E-state index in [1.165, 1.54) is 24.0 Å². The zero-order valence-electron chi connectivity index (χ0n) is 16.6. The van der Waals surface area contributed by atoms with E-state index in [1.54, 1.807) is 0 Å². The zero-order valence-corrected chi connectivity index (χ0v) is 16.6. The van der Waals surface area contributed by atoms with Crippen molar-refractivity contribution < 1.29 is 19.4 Å². The number of aromatic nitrogens is 1. The predicted molar refractivity (Wildman–Crippen MR) is 107 cm³/mol. The Labute approximate surface area is 169 Å². The van der Waals surface area contributed by atoms with Crippen LogP contribution < -0.4 is 10.1 Å². The van der Waals surface area contributed by atoms with Crippen LogP contribution >= 0.6 is 0 Å². The summed E-state index contributed by atoms with van der Waals surface area (Å²) < 4.78 is 5.71. The molecule has 1 aliphatic carbocycles. The van der Waals surface area contributed by atoms with Gasteiger partial charge >= 0.3 is 0 Å². The average Bonchev–Trinajstić information content (AvgIpc) is 3.25. The highest BCUT2D eigenvalue weighted by molar-refractivity contribution is 5.94. The molecule has 2 aliphatic rings. The van der Waals surface area contributed by atoms with Gasteiger partial charge in [0.2, 0.25) is 0 Å². The summed E-state index contributed by atoms with van der Waals surface area (Å²) in [6.07, 6.45) is 4.55. The van der Waals surface area contributed by atoms with E-state index in [9.17, 15) is 14.7 Å². The second-order valence-electron chi connectivity index (χ2n) is 7.92. The fourth-order valence-electron chi connectivity index (χ4n) is 4.32. The quantitative estimate of drug-likeness (QED) is 0.810. The molecule has 3 atom stereocenters. The third-order valence-electron chi connectivity index (χ3n) is 6.03. The van der Waals surface area contributed by atoms with Gasteiger partial charge in [0.15, 0.2) is 6.61 Å². The van der Waals surface area contributed by atoms with Crippen molar-refractivity contribution in [3.8, 4) is 11.5 Å². The third kappa shape index (κ3) is 3.90. The van der Waals surface area contributed by atoms with Gasteiger partial charge in [-0.1, -0.05) is 6.07 Å². The lowest BCUT2D eigenvalue weighted by Crippen LogP contribution is -2.46. The number of aromatic hydroxyl groups is 1. The van der Waals surface area contributed by atoms with Gasteiger partial charge in [0.05, 0.1) is 23.8 Å². The molecule has 2 heterocycles. The Bertz CT molecular complexity index is 945. The van der Waals surface area contributed by atoms with Gasteiger partial charge in [-0.3, -0.25) is 14.6 Å². The fourth-order valence-corrected chi connectivity index (χ4v) is 4.32. The van der Waals surface area contributed by atoms with Crippen molar-refractivity contribution in [1.29, 1.82) is 0 Å². The maximum Gasteiger partial charge on any atom is 0.260 e. The molecule has 1 saturated heterocycles. The van der Waals surface area contributed by atoms with Crippen LogP contribution in [0.1, 0.15) is 34.3 Å². The summed E-state index contributed by atoms with van der Waals surface area (Å²) in [5, 5.41) is 12.6. The van der Waals surface area contributed by atoms with E-state index < -0.39 is 0 Å². The molecule has 1 saturated carbocycles. The molecule has 0 radical (unpaired) electrons. The Balaban J connectivity index is 1.37. The number of fused-ring (bicyclic) bond motifs is 2. The van der Waals surface area contributed by atoms with Crippen LogP contribution in [-0.4, -0.2) is 52.0 Å². The first-order valence-corrected chi connectivity index (χ1v) is 9.87. The summed E-state index contributed by atoms with van der Waals surface area (Å²) in [5.41, 5.74) is 2.62. The molecule has 0 unspecified atom stereocenters. The topological polar surface area (TPSA) is 91.8 Å². The Morgan fingerprint density at radius 2 is 2.03 bits per heavy atom. The molecule has 1 aromatic carbocycles. The number of pyridine rings is 1. The maximum absolute atomic E-state index is 12.8. The maximum atomic E-state index is 12.8. The minimum Gasteiger partial charge on any atom is -0.506 e. The van der Waals surface area contributed by atoms with E-state index in [0.717, 1.165) is 18.4 Å². The molecule has 2 fully saturated rings. The van der Waals surface area contributed by atoms with Crippen molar-refractivity contribution in [1.82, 2.24) is 15.2 Å². The molecule has 29 heavy (non-hydrogen) atoms. The van der Waals surface area contributed by atoms with Crippen LogP contribution in [-0.2, 0) is 4.79 Å². The van der Waals surface area contributed by atoms with Crippen LogP contribution in [0.15, 0.2) is 36.7 Å². The Morgan fingerprint density at radius 1 is 1.21 bits per heavy atom. The number of rotatable bonds is 5. The van der Waals surface area contributed by atoms with Crippen LogP contribution in [0, 0.1) is 19.8 Å². The van der Waals surface area contributed by atoms with E-state index in [0.29, 0.717) is 17.9 Å². The second kappa shape index (κ2) is 7.73. The van der Waals surface area contributed by atoms with Gasteiger partial charge in [0, 0.05) is 12.7 Å².